The topological polar surface area (TPSA) is 32.3 Å². The summed E-state index contributed by atoms with van der Waals surface area (Å²) in [5.74, 6) is -2.06. The summed E-state index contributed by atoms with van der Waals surface area (Å²) in [6, 6.07) is 2.13. The van der Waals surface area contributed by atoms with E-state index in [1.807, 2.05) is 0 Å². The zero-order chi connectivity index (χ0) is 11.1. The van der Waals surface area contributed by atoms with E-state index in [0.717, 1.165) is 19.0 Å². The van der Waals surface area contributed by atoms with E-state index in [2.05, 4.69) is 5.32 Å². The zero-order valence-corrected chi connectivity index (χ0v) is 8.48. The van der Waals surface area contributed by atoms with E-state index in [-0.39, 0.29) is 11.3 Å². The van der Waals surface area contributed by atoms with Gasteiger partial charge in [0, 0.05) is 5.54 Å². The number of nitrogens with one attached hydrogen (secondary N) is 1. The van der Waals surface area contributed by atoms with Crippen molar-refractivity contribution >= 4 is 0 Å². The lowest BCUT2D eigenvalue weighted by molar-refractivity contribution is 0.362. The number of benzene rings is 1. The van der Waals surface area contributed by atoms with Gasteiger partial charge in [0.1, 0.15) is 5.75 Å². The van der Waals surface area contributed by atoms with Gasteiger partial charge in [0.05, 0.1) is 5.56 Å². The fourth-order valence-corrected chi connectivity index (χ4v) is 2.17. The summed E-state index contributed by atoms with van der Waals surface area (Å²) in [5.41, 5.74) is -0.615. The summed E-state index contributed by atoms with van der Waals surface area (Å²) in [6.45, 7) is 2.53. The zero-order valence-electron chi connectivity index (χ0n) is 8.48. The molecule has 1 aromatic carbocycles. The molecule has 0 aromatic heterocycles. The van der Waals surface area contributed by atoms with Crippen molar-refractivity contribution in [3.05, 3.63) is 29.3 Å². The maximum absolute atomic E-state index is 13.6. The molecular weight excluding hydrogens is 200 g/mol. The number of hydrogen-bond acceptors (Lipinski definition) is 2. The molecule has 1 unspecified atom stereocenters. The van der Waals surface area contributed by atoms with Crippen molar-refractivity contribution in [3.8, 4) is 5.75 Å². The summed E-state index contributed by atoms with van der Waals surface area (Å²) in [4.78, 5) is 0. The molecule has 0 saturated carbocycles. The molecule has 4 heteroatoms. The molecule has 2 N–H and O–H groups in total. The Labute approximate surface area is 86.9 Å². The molecule has 0 bridgehead atoms. The van der Waals surface area contributed by atoms with Gasteiger partial charge in [-0.3, -0.25) is 0 Å². The molecule has 1 aliphatic heterocycles. The van der Waals surface area contributed by atoms with Crippen molar-refractivity contribution in [2.45, 2.75) is 25.3 Å². The average molecular weight is 213 g/mol. The first-order chi connectivity index (χ1) is 7.04. The highest BCUT2D eigenvalue weighted by Gasteiger charge is 2.36. The van der Waals surface area contributed by atoms with Crippen LogP contribution in [0.1, 0.15) is 25.3 Å². The number of aromatic hydroxyl groups is 1. The Hall–Kier alpha value is -1.16. The van der Waals surface area contributed by atoms with Crippen molar-refractivity contribution in [2.75, 3.05) is 6.54 Å². The molecule has 0 spiro atoms. The normalized spacial score (nSPS) is 25.8. The Balaban J connectivity index is 2.55. The van der Waals surface area contributed by atoms with Crippen LogP contribution in [0.2, 0.25) is 0 Å². The monoisotopic (exact) mass is 213 g/mol. The van der Waals surface area contributed by atoms with Crippen LogP contribution in [0.25, 0.3) is 0 Å². The average Bonchev–Trinajstić information content (AvgIpc) is 2.60. The van der Waals surface area contributed by atoms with Crippen LogP contribution in [0.5, 0.6) is 5.75 Å². The van der Waals surface area contributed by atoms with Crippen LogP contribution in [0.15, 0.2) is 12.1 Å². The first-order valence-corrected chi connectivity index (χ1v) is 4.97. The Morgan fingerprint density at radius 1 is 1.40 bits per heavy atom. The van der Waals surface area contributed by atoms with E-state index in [1.54, 1.807) is 6.92 Å². The molecule has 0 aliphatic carbocycles. The predicted molar refractivity (Wildman–Crippen MR) is 52.6 cm³/mol. The second kappa shape index (κ2) is 3.45. The van der Waals surface area contributed by atoms with Crippen molar-refractivity contribution < 1.29 is 13.9 Å². The standard InChI is InChI=1S/C11H13F2NO/c1-11(5-2-6-14-11)9-8(15)4-3-7(12)10(9)13/h3-4,14-15H,2,5-6H2,1H3. The summed E-state index contributed by atoms with van der Waals surface area (Å²) in [6.07, 6.45) is 1.59. The van der Waals surface area contributed by atoms with Gasteiger partial charge in [-0.05, 0) is 38.4 Å². The summed E-state index contributed by atoms with van der Waals surface area (Å²) >= 11 is 0. The highest BCUT2D eigenvalue weighted by molar-refractivity contribution is 5.40. The van der Waals surface area contributed by atoms with Gasteiger partial charge in [-0.2, -0.15) is 0 Å². The van der Waals surface area contributed by atoms with E-state index < -0.39 is 17.2 Å². The lowest BCUT2D eigenvalue weighted by Crippen LogP contribution is -2.34. The maximum atomic E-state index is 13.6. The molecule has 1 aliphatic rings. The highest BCUT2D eigenvalue weighted by atomic mass is 19.2. The van der Waals surface area contributed by atoms with Crippen LogP contribution in [0.4, 0.5) is 8.78 Å². The molecule has 82 valence electrons. The van der Waals surface area contributed by atoms with Gasteiger partial charge in [-0.25, -0.2) is 8.78 Å². The lowest BCUT2D eigenvalue weighted by atomic mass is 9.89. The molecule has 1 aromatic rings. The molecule has 1 atom stereocenters. The third-order valence-corrected chi connectivity index (χ3v) is 2.99. The number of hydrogen-bond donors (Lipinski definition) is 2. The summed E-state index contributed by atoms with van der Waals surface area (Å²) < 4.78 is 26.7. The Morgan fingerprint density at radius 3 is 2.73 bits per heavy atom. The van der Waals surface area contributed by atoms with Crippen LogP contribution < -0.4 is 5.32 Å². The van der Waals surface area contributed by atoms with Crippen LogP contribution in [0, 0.1) is 11.6 Å². The minimum absolute atomic E-state index is 0.0417. The molecule has 0 radical (unpaired) electrons. The van der Waals surface area contributed by atoms with Gasteiger partial charge in [-0.1, -0.05) is 0 Å². The van der Waals surface area contributed by atoms with Gasteiger partial charge < -0.3 is 10.4 Å². The number of halogens is 2. The number of phenolic OH excluding ortho intramolecular Hbond substituents is 1. The maximum Gasteiger partial charge on any atom is 0.167 e. The molecule has 2 nitrogen and oxygen atoms in total. The molecule has 2 rings (SSSR count). The van der Waals surface area contributed by atoms with E-state index >= 15 is 0 Å². The second-order valence-corrected chi connectivity index (χ2v) is 4.12. The van der Waals surface area contributed by atoms with Gasteiger partial charge in [0.15, 0.2) is 11.6 Å². The van der Waals surface area contributed by atoms with E-state index in [9.17, 15) is 13.9 Å². The van der Waals surface area contributed by atoms with Crippen molar-refractivity contribution in [3.63, 3.8) is 0 Å². The minimum Gasteiger partial charge on any atom is -0.507 e. The lowest BCUT2D eigenvalue weighted by Gasteiger charge is -2.26. The third kappa shape index (κ3) is 1.59. The molecular formula is C11H13F2NO. The SMILES string of the molecule is CC1(c2c(O)ccc(F)c2F)CCCN1. The van der Waals surface area contributed by atoms with Crippen molar-refractivity contribution in [1.82, 2.24) is 5.32 Å². The highest BCUT2D eigenvalue weighted by Crippen LogP contribution is 2.38. The van der Waals surface area contributed by atoms with Gasteiger partial charge in [-0.15, -0.1) is 0 Å². The second-order valence-electron chi connectivity index (χ2n) is 4.12. The first-order valence-electron chi connectivity index (χ1n) is 4.97. The number of phenols is 1. The van der Waals surface area contributed by atoms with Crippen LogP contribution in [-0.2, 0) is 5.54 Å². The van der Waals surface area contributed by atoms with E-state index in [1.165, 1.54) is 6.07 Å². The molecule has 1 heterocycles. The van der Waals surface area contributed by atoms with Crippen LogP contribution >= 0.6 is 0 Å². The van der Waals surface area contributed by atoms with Gasteiger partial charge in [0.25, 0.3) is 0 Å². The van der Waals surface area contributed by atoms with Crippen molar-refractivity contribution in [1.29, 1.82) is 0 Å². The Morgan fingerprint density at radius 2 is 2.13 bits per heavy atom. The fraction of sp³-hybridized carbons (Fsp3) is 0.455. The quantitative estimate of drug-likeness (QED) is 0.750. The molecule has 15 heavy (non-hydrogen) atoms. The first kappa shape index (κ1) is 10.4. The summed E-state index contributed by atoms with van der Waals surface area (Å²) in [5, 5.41) is 12.7. The minimum atomic E-state index is -0.952. The molecule has 1 saturated heterocycles. The fourth-order valence-electron chi connectivity index (χ4n) is 2.17. The Bertz CT molecular complexity index is 386. The van der Waals surface area contributed by atoms with E-state index in [0.29, 0.717) is 6.42 Å². The predicted octanol–water partition coefficient (Wildman–Crippen LogP) is 2.27. The summed E-state index contributed by atoms with van der Waals surface area (Å²) in [7, 11) is 0. The molecule has 0 amide bonds. The van der Waals surface area contributed by atoms with Crippen LogP contribution in [-0.4, -0.2) is 11.7 Å². The van der Waals surface area contributed by atoms with Crippen LogP contribution in [0.3, 0.4) is 0 Å². The third-order valence-electron chi connectivity index (χ3n) is 2.99. The molecule has 1 fully saturated rings. The largest absolute Gasteiger partial charge is 0.507 e. The van der Waals surface area contributed by atoms with E-state index in [4.69, 9.17) is 0 Å². The number of rotatable bonds is 1. The van der Waals surface area contributed by atoms with Gasteiger partial charge in [0.2, 0.25) is 0 Å². The van der Waals surface area contributed by atoms with Gasteiger partial charge >= 0.3 is 0 Å². The Kier molecular flexibility index (Phi) is 2.38. The smallest absolute Gasteiger partial charge is 0.167 e. The van der Waals surface area contributed by atoms with Crippen molar-refractivity contribution in [2.24, 2.45) is 0 Å².